The van der Waals surface area contributed by atoms with Crippen molar-refractivity contribution in [3.05, 3.63) is 0 Å². The van der Waals surface area contributed by atoms with Gasteiger partial charge in [0.1, 0.15) is 12.1 Å². The molecule has 4 fully saturated rings. The Kier molecular flexibility index (Phi) is 5.61. The van der Waals surface area contributed by atoms with Gasteiger partial charge in [-0.05, 0) is 60.7 Å². The first kappa shape index (κ1) is 24.0. The Morgan fingerprint density at radius 3 is 2.33 bits per heavy atom. The van der Waals surface area contributed by atoms with Crippen molar-refractivity contribution in [1.82, 2.24) is 15.1 Å². The van der Waals surface area contributed by atoms with Crippen molar-refractivity contribution < 1.29 is 23.9 Å². The quantitative estimate of drug-likeness (QED) is 0.513. The van der Waals surface area contributed by atoms with E-state index in [2.05, 4.69) is 46.9 Å². The highest BCUT2D eigenvalue weighted by atomic mass is 16.5. The highest BCUT2D eigenvalue weighted by molar-refractivity contribution is 6.08. The van der Waals surface area contributed by atoms with E-state index in [0.29, 0.717) is 19.4 Å². The van der Waals surface area contributed by atoms with Crippen molar-refractivity contribution in [2.45, 2.75) is 91.6 Å². The van der Waals surface area contributed by atoms with Crippen LogP contribution in [0.25, 0.3) is 0 Å². The molecule has 4 rings (SSSR count). The number of nitrogens with one attached hydrogen (secondary N) is 1. The fourth-order valence-electron chi connectivity index (χ4n) is 7.80. The van der Waals surface area contributed by atoms with E-state index >= 15 is 0 Å². The number of urea groups is 1. The summed E-state index contributed by atoms with van der Waals surface area (Å²) in [4.78, 5) is 53.9. The number of carbonyl (C=O) groups is 4. The molecule has 0 radical (unpaired) electrons. The van der Waals surface area contributed by atoms with Crippen molar-refractivity contribution >= 4 is 23.8 Å². The molecular formula is C25H39N3O5. The summed E-state index contributed by atoms with van der Waals surface area (Å²) in [5.41, 5.74) is -0.744. The summed E-state index contributed by atoms with van der Waals surface area (Å²) in [6, 6.07) is -0.385. The van der Waals surface area contributed by atoms with E-state index in [1.807, 2.05) is 4.90 Å². The molecule has 0 aromatic heterocycles. The largest absolute Gasteiger partial charge is 0.454 e. The number of ether oxygens (including phenoxy) is 1. The molecule has 2 saturated heterocycles. The number of fused-ring (bicyclic) bond motifs is 2. The third-order valence-corrected chi connectivity index (χ3v) is 8.00. The van der Waals surface area contributed by atoms with E-state index in [0.717, 1.165) is 30.6 Å². The van der Waals surface area contributed by atoms with Crippen molar-refractivity contribution in [3.63, 3.8) is 0 Å². The van der Waals surface area contributed by atoms with Gasteiger partial charge < -0.3 is 15.0 Å². The maximum Gasteiger partial charge on any atom is 0.326 e. The number of rotatable bonds is 4. The minimum atomic E-state index is -0.955. The van der Waals surface area contributed by atoms with Crippen LogP contribution in [-0.4, -0.2) is 64.9 Å². The van der Waals surface area contributed by atoms with Gasteiger partial charge in [0.2, 0.25) is 0 Å². The van der Waals surface area contributed by atoms with Gasteiger partial charge in [-0.3, -0.25) is 19.3 Å². The standard InChI is InChI=1S/C25H39N3O5/c1-16-7-22(2,3)14-25(8-16)20(31)27(21(32)26-25)11-19(30)33-12-18(29)28-15-24(6)10-17(28)9-23(4,5)13-24/h16-17H,7-15H2,1-6H3,(H,26,32)/t16-,17+,24-,25+/m0/s1. The topological polar surface area (TPSA) is 96.0 Å². The van der Waals surface area contributed by atoms with Crippen molar-refractivity contribution in [1.29, 1.82) is 0 Å². The van der Waals surface area contributed by atoms with Crippen LogP contribution in [0.1, 0.15) is 80.1 Å². The third-order valence-electron chi connectivity index (χ3n) is 8.00. The molecule has 4 atom stereocenters. The van der Waals surface area contributed by atoms with E-state index in [4.69, 9.17) is 4.74 Å². The van der Waals surface area contributed by atoms with Gasteiger partial charge in [-0.2, -0.15) is 0 Å². The first-order valence-corrected chi connectivity index (χ1v) is 12.2. The molecule has 33 heavy (non-hydrogen) atoms. The fourth-order valence-corrected chi connectivity index (χ4v) is 7.80. The lowest BCUT2D eigenvalue weighted by Gasteiger charge is -2.43. The molecule has 8 heteroatoms. The molecule has 0 aromatic carbocycles. The SMILES string of the molecule is C[C@H]1CC(C)(C)C[C@@]2(C1)NC(=O)N(CC(=O)OCC(=O)N1C[C@@]3(C)C[C@H]1CC(C)(C)C3)C2=O. The number of amides is 4. The first-order valence-electron chi connectivity index (χ1n) is 12.2. The highest BCUT2D eigenvalue weighted by Crippen LogP contribution is 2.52. The van der Waals surface area contributed by atoms with Gasteiger partial charge in [0.25, 0.3) is 11.8 Å². The molecule has 2 aliphatic carbocycles. The number of imide groups is 1. The van der Waals surface area contributed by atoms with E-state index < -0.39 is 24.1 Å². The zero-order chi connectivity index (χ0) is 24.4. The number of esters is 1. The summed E-state index contributed by atoms with van der Waals surface area (Å²) < 4.78 is 5.24. The lowest BCUT2D eigenvalue weighted by atomic mass is 9.64. The maximum absolute atomic E-state index is 13.2. The summed E-state index contributed by atoms with van der Waals surface area (Å²) >= 11 is 0. The van der Waals surface area contributed by atoms with Gasteiger partial charge in [-0.1, -0.05) is 41.5 Å². The highest BCUT2D eigenvalue weighted by Gasteiger charge is 2.56. The molecule has 2 heterocycles. The van der Waals surface area contributed by atoms with E-state index in [9.17, 15) is 19.2 Å². The molecule has 4 amide bonds. The number of likely N-dealkylation sites (tertiary alicyclic amines) is 1. The van der Waals surface area contributed by atoms with E-state index in [1.165, 1.54) is 0 Å². The minimum Gasteiger partial charge on any atom is -0.454 e. The summed E-state index contributed by atoms with van der Waals surface area (Å²) in [6.45, 7) is 12.8. The van der Waals surface area contributed by atoms with Crippen LogP contribution in [0.4, 0.5) is 4.79 Å². The van der Waals surface area contributed by atoms with Gasteiger partial charge in [-0.25, -0.2) is 4.79 Å². The maximum atomic E-state index is 13.2. The zero-order valence-corrected chi connectivity index (χ0v) is 21.0. The second-order valence-corrected chi connectivity index (χ2v) is 13.2. The first-order chi connectivity index (χ1) is 15.1. The zero-order valence-electron chi connectivity index (χ0n) is 21.0. The van der Waals surface area contributed by atoms with Crippen LogP contribution in [-0.2, 0) is 19.1 Å². The fraction of sp³-hybridized carbons (Fsp3) is 0.840. The molecule has 0 unspecified atom stereocenters. The lowest BCUT2D eigenvalue weighted by Crippen LogP contribution is -2.54. The van der Waals surface area contributed by atoms with Gasteiger partial charge >= 0.3 is 12.0 Å². The second kappa shape index (κ2) is 7.70. The van der Waals surface area contributed by atoms with Crippen molar-refractivity contribution in [2.75, 3.05) is 19.7 Å². The minimum absolute atomic E-state index is 0.0808. The van der Waals surface area contributed by atoms with Gasteiger partial charge in [0.05, 0.1) is 0 Å². The molecule has 0 aromatic rings. The average Bonchev–Trinajstić information content (AvgIpc) is 3.01. The molecule has 2 saturated carbocycles. The molecular weight excluding hydrogens is 422 g/mol. The Morgan fingerprint density at radius 2 is 1.67 bits per heavy atom. The molecule has 184 valence electrons. The molecule has 2 bridgehead atoms. The summed E-state index contributed by atoms with van der Waals surface area (Å²) in [5, 5.41) is 2.86. The Morgan fingerprint density at radius 1 is 1.00 bits per heavy atom. The molecule has 4 aliphatic rings. The average molecular weight is 462 g/mol. The molecule has 1 N–H and O–H groups in total. The predicted octanol–water partition coefficient (Wildman–Crippen LogP) is 3.09. The number of nitrogens with zero attached hydrogens (tertiary/aromatic N) is 2. The number of carbonyl (C=O) groups excluding carboxylic acids is 4. The van der Waals surface area contributed by atoms with Crippen LogP contribution in [0.2, 0.25) is 0 Å². The third kappa shape index (κ3) is 4.62. The Bertz CT molecular complexity index is 883. The smallest absolute Gasteiger partial charge is 0.326 e. The van der Waals surface area contributed by atoms with Crippen molar-refractivity contribution in [3.8, 4) is 0 Å². The van der Waals surface area contributed by atoms with Crippen LogP contribution >= 0.6 is 0 Å². The number of hydrogen-bond acceptors (Lipinski definition) is 5. The van der Waals surface area contributed by atoms with Gasteiger partial charge in [0.15, 0.2) is 6.61 Å². The van der Waals surface area contributed by atoms with Crippen LogP contribution in [0.5, 0.6) is 0 Å². The normalized spacial score (nSPS) is 36.8. The number of hydrogen-bond donors (Lipinski definition) is 1. The van der Waals surface area contributed by atoms with Crippen LogP contribution < -0.4 is 5.32 Å². The van der Waals surface area contributed by atoms with E-state index in [1.54, 1.807) is 0 Å². The van der Waals surface area contributed by atoms with E-state index in [-0.39, 0.29) is 46.6 Å². The molecule has 1 spiro atoms. The monoisotopic (exact) mass is 461 g/mol. The summed E-state index contributed by atoms with van der Waals surface area (Å²) in [7, 11) is 0. The summed E-state index contributed by atoms with van der Waals surface area (Å²) in [6.07, 6.45) is 5.09. The Hall–Kier alpha value is -2.12. The van der Waals surface area contributed by atoms with Gasteiger partial charge in [-0.15, -0.1) is 0 Å². The molecule has 2 aliphatic heterocycles. The predicted molar refractivity (Wildman–Crippen MR) is 122 cm³/mol. The lowest BCUT2D eigenvalue weighted by molar-refractivity contribution is -0.154. The van der Waals surface area contributed by atoms with Crippen LogP contribution in [0, 0.1) is 22.2 Å². The van der Waals surface area contributed by atoms with Crippen LogP contribution in [0.3, 0.4) is 0 Å². The van der Waals surface area contributed by atoms with Gasteiger partial charge in [0, 0.05) is 12.6 Å². The molecule has 8 nitrogen and oxygen atoms in total. The van der Waals surface area contributed by atoms with Crippen LogP contribution in [0.15, 0.2) is 0 Å². The Balaban J connectivity index is 1.34. The summed E-state index contributed by atoms with van der Waals surface area (Å²) in [5.74, 6) is -1.01. The Labute approximate surface area is 196 Å². The van der Waals surface area contributed by atoms with Crippen molar-refractivity contribution in [2.24, 2.45) is 22.2 Å². The second-order valence-electron chi connectivity index (χ2n) is 13.2.